The normalized spacial score (nSPS) is 19.9. The highest BCUT2D eigenvalue weighted by Gasteiger charge is 2.26. The molecule has 1 unspecified atom stereocenters. The minimum Gasteiger partial charge on any atom is -0.472 e. The van der Waals surface area contributed by atoms with Gasteiger partial charge in [0.1, 0.15) is 0 Å². The van der Waals surface area contributed by atoms with Crippen LogP contribution < -0.4 is 4.90 Å². The highest BCUT2D eigenvalue weighted by atomic mass is 16.3. The molecule has 2 aromatic rings. The summed E-state index contributed by atoms with van der Waals surface area (Å²) in [5.74, 6) is 0. The lowest BCUT2D eigenvalue weighted by Gasteiger charge is -2.42. The molecule has 21 heavy (non-hydrogen) atoms. The molecule has 0 aliphatic carbocycles. The van der Waals surface area contributed by atoms with Crippen LogP contribution in [0.1, 0.15) is 12.0 Å². The number of piperazine rings is 1. The van der Waals surface area contributed by atoms with Crippen LogP contribution >= 0.6 is 0 Å². The summed E-state index contributed by atoms with van der Waals surface area (Å²) in [6.45, 7) is 4.01. The summed E-state index contributed by atoms with van der Waals surface area (Å²) in [7, 11) is 0. The van der Waals surface area contributed by atoms with Gasteiger partial charge in [-0.25, -0.2) is 0 Å². The Morgan fingerprint density at radius 2 is 2.10 bits per heavy atom. The minimum absolute atomic E-state index is 0.219. The van der Waals surface area contributed by atoms with Crippen molar-refractivity contribution in [3.8, 4) is 0 Å². The lowest BCUT2D eigenvalue weighted by Crippen LogP contribution is -2.53. The van der Waals surface area contributed by atoms with Gasteiger partial charge in [0.25, 0.3) is 0 Å². The fourth-order valence-electron chi connectivity index (χ4n) is 2.93. The average Bonchev–Trinajstić information content (AvgIpc) is 3.03. The van der Waals surface area contributed by atoms with Crippen molar-refractivity contribution in [1.29, 1.82) is 0 Å². The van der Waals surface area contributed by atoms with Gasteiger partial charge in [0.2, 0.25) is 0 Å². The number of aliphatic hydroxyl groups is 1. The monoisotopic (exact) mass is 287 g/mol. The Morgan fingerprint density at radius 1 is 1.24 bits per heavy atom. The summed E-state index contributed by atoms with van der Waals surface area (Å²) in [4.78, 5) is 8.87. The molecule has 0 spiro atoms. The molecule has 1 saturated heterocycles. The Bertz CT molecular complexity index is 530. The van der Waals surface area contributed by atoms with E-state index >= 15 is 0 Å². The summed E-state index contributed by atoms with van der Waals surface area (Å²) in [5.41, 5.74) is 2.39. The van der Waals surface area contributed by atoms with Crippen LogP contribution in [0.15, 0.2) is 47.5 Å². The molecule has 3 rings (SSSR count). The van der Waals surface area contributed by atoms with Crippen LogP contribution in [0.25, 0.3) is 0 Å². The van der Waals surface area contributed by atoms with Crippen molar-refractivity contribution in [2.75, 3.05) is 31.1 Å². The third-order valence-electron chi connectivity index (χ3n) is 4.06. The average molecular weight is 287 g/mol. The predicted octanol–water partition coefficient (Wildman–Crippen LogP) is 1.75. The highest BCUT2D eigenvalue weighted by molar-refractivity contribution is 5.45. The van der Waals surface area contributed by atoms with Crippen LogP contribution in [0, 0.1) is 0 Å². The van der Waals surface area contributed by atoms with Crippen molar-refractivity contribution in [1.82, 2.24) is 9.88 Å². The summed E-state index contributed by atoms with van der Waals surface area (Å²) >= 11 is 0. The van der Waals surface area contributed by atoms with E-state index in [1.807, 2.05) is 30.6 Å². The van der Waals surface area contributed by atoms with E-state index in [0.717, 1.165) is 32.6 Å². The van der Waals surface area contributed by atoms with Gasteiger partial charge in [-0.05, 0) is 24.6 Å². The van der Waals surface area contributed by atoms with E-state index in [0.29, 0.717) is 6.04 Å². The van der Waals surface area contributed by atoms with E-state index in [4.69, 9.17) is 4.42 Å². The van der Waals surface area contributed by atoms with Crippen LogP contribution in [0.4, 0.5) is 5.69 Å². The number of rotatable bonds is 5. The maximum absolute atomic E-state index is 9.35. The largest absolute Gasteiger partial charge is 0.472 e. The molecule has 2 aromatic heterocycles. The van der Waals surface area contributed by atoms with Crippen molar-refractivity contribution < 1.29 is 9.52 Å². The molecule has 0 bridgehead atoms. The van der Waals surface area contributed by atoms with E-state index < -0.39 is 0 Å². The first-order valence-corrected chi connectivity index (χ1v) is 7.38. The van der Waals surface area contributed by atoms with E-state index in [2.05, 4.69) is 14.8 Å². The molecule has 0 radical (unpaired) electrons. The van der Waals surface area contributed by atoms with Crippen molar-refractivity contribution in [2.45, 2.75) is 19.0 Å². The fourth-order valence-corrected chi connectivity index (χ4v) is 2.93. The first-order chi connectivity index (χ1) is 10.4. The smallest absolute Gasteiger partial charge is 0.0947 e. The number of nitrogens with zero attached hydrogens (tertiary/aromatic N) is 3. The van der Waals surface area contributed by atoms with Crippen LogP contribution in [-0.2, 0) is 6.54 Å². The first kappa shape index (κ1) is 14.1. The predicted molar refractivity (Wildman–Crippen MR) is 81.1 cm³/mol. The second-order valence-electron chi connectivity index (χ2n) is 5.42. The molecule has 1 aliphatic heterocycles. The zero-order valence-corrected chi connectivity index (χ0v) is 12.1. The molecular weight excluding hydrogens is 266 g/mol. The van der Waals surface area contributed by atoms with Crippen LogP contribution in [-0.4, -0.2) is 47.3 Å². The molecule has 1 atom stereocenters. The Balaban J connectivity index is 1.68. The van der Waals surface area contributed by atoms with E-state index in [1.165, 1.54) is 11.3 Å². The van der Waals surface area contributed by atoms with Crippen molar-refractivity contribution >= 4 is 5.69 Å². The molecule has 5 nitrogen and oxygen atoms in total. The number of furan rings is 1. The highest BCUT2D eigenvalue weighted by Crippen LogP contribution is 2.21. The van der Waals surface area contributed by atoms with E-state index in [1.54, 1.807) is 12.5 Å². The zero-order valence-electron chi connectivity index (χ0n) is 12.1. The Morgan fingerprint density at radius 3 is 2.81 bits per heavy atom. The fraction of sp³-hybridized carbons (Fsp3) is 0.438. The van der Waals surface area contributed by atoms with Crippen molar-refractivity contribution in [3.05, 3.63) is 48.7 Å². The molecule has 5 heteroatoms. The lowest BCUT2D eigenvalue weighted by atomic mass is 10.1. The minimum atomic E-state index is 0.219. The maximum Gasteiger partial charge on any atom is 0.0947 e. The SMILES string of the molecule is OCCC1CN(c2ccncc2)CCN1Cc1ccoc1. The topological polar surface area (TPSA) is 52.7 Å². The van der Waals surface area contributed by atoms with Gasteiger partial charge in [0, 0.05) is 62.5 Å². The number of aromatic nitrogens is 1. The van der Waals surface area contributed by atoms with Gasteiger partial charge in [-0.3, -0.25) is 9.88 Å². The van der Waals surface area contributed by atoms with Crippen LogP contribution in [0.3, 0.4) is 0 Å². The van der Waals surface area contributed by atoms with Gasteiger partial charge in [0.15, 0.2) is 0 Å². The molecule has 1 fully saturated rings. The van der Waals surface area contributed by atoms with Crippen LogP contribution in [0.2, 0.25) is 0 Å². The number of anilines is 1. The van der Waals surface area contributed by atoms with Gasteiger partial charge < -0.3 is 14.4 Å². The van der Waals surface area contributed by atoms with Gasteiger partial charge in [-0.1, -0.05) is 0 Å². The number of hydrogen-bond donors (Lipinski definition) is 1. The number of aliphatic hydroxyl groups excluding tert-OH is 1. The molecule has 0 amide bonds. The Labute approximate surface area is 124 Å². The third kappa shape index (κ3) is 3.43. The molecule has 0 aromatic carbocycles. The standard InChI is InChI=1S/C16H21N3O2/c20-9-3-16-12-19(15-1-5-17-6-2-15)8-7-18(16)11-14-4-10-21-13-14/h1-2,4-6,10,13,16,20H,3,7-9,11-12H2. The summed E-state index contributed by atoms with van der Waals surface area (Å²) in [5, 5.41) is 9.35. The molecule has 1 aliphatic rings. The molecule has 112 valence electrons. The summed E-state index contributed by atoms with van der Waals surface area (Å²) < 4.78 is 5.15. The lowest BCUT2D eigenvalue weighted by molar-refractivity contribution is 0.135. The number of pyridine rings is 1. The number of hydrogen-bond acceptors (Lipinski definition) is 5. The molecule has 1 N–H and O–H groups in total. The van der Waals surface area contributed by atoms with Gasteiger partial charge in [-0.15, -0.1) is 0 Å². The molecule has 3 heterocycles. The quantitative estimate of drug-likeness (QED) is 0.908. The summed E-state index contributed by atoms with van der Waals surface area (Å²) in [6, 6.07) is 6.45. The van der Waals surface area contributed by atoms with Crippen molar-refractivity contribution in [3.63, 3.8) is 0 Å². The van der Waals surface area contributed by atoms with E-state index in [9.17, 15) is 5.11 Å². The molecular formula is C16H21N3O2. The first-order valence-electron chi connectivity index (χ1n) is 7.38. The maximum atomic E-state index is 9.35. The van der Waals surface area contributed by atoms with Gasteiger partial charge >= 0.3 is 0 Å². The third-order valence-corrected chi connectivity index (χ3v) is 4.06. The van der Waals surface area contributed by atoms with Crippen molar-refractivity contribution in [2.24, 2.45) is 0 Å². The second-order valence-corrected chi connectivity index (χ2v) is 5.42. The Hall–Kier alpha value is -1.85. The van der Waals surface area contributed by atoms with Gasteiger partial charge in [-0.2, -0.15) is 0 Å². The van der Waals surface area contributed by atoms with Gasteiger partial charge in [0.05, 0.1) is 12.5 Å². The Kier molecular flexibility index (Phi) is 4.52. The summed E-state index contributed by atoms with van der Waals surface area (Å²) in [6.07, 6.45) is 7.96. The molecule has 0 saturated carbocycles. The second kappa shape index (κ2) is 6.74. The zero-order chi connectivity index (χ0) is 14.5. The van der Waals surface area contributed by atoms with Crippen LogP contribution in [0.5, 0.6) is 0 Å². The van der Waals surface area contributed by atoms with E-state index in [-0.39, 0.29) is 6.61 Å².